The van der Waals surface area contributed by atoms with Crippen molar-refractivity contribution in [1.82, 2.24) is 34.6 Å². The van der Waals surface area contributed by atoms with Crippen molar-refractivity contribution in [3.05, 3.63) is 60.0 Å². The van der Waals surface area contributed by atoms with E-state index in [0.29, 0.717) is 5.65 Å². The summed E-state index contributed by atoms with van der Waals surface area (Å²) < 4.78 is 3.53. The molecule has 4 heterocycles. The second-order valence-electron chi connectivity index (χ2n) is 6.72. The minimum Gasteiger partial charge on any atom is -0.275 e. The molecular formula is C20H17N7S. The zero-order chi connectivity index (χ0) is 19.3. The van der Waals surface area contributed by atoms with Gasteiger partial charge < -0.3 is 0 Å². The molecule has 5 rings (SSSR count). The number of hydrogen-bond acceptors (Lipinski definition) is 6. The number of hydrogen-bond donors (Lipinski definition) is 0. The fourth-order valence-corrected chi connectivity index (χ4v) is 3.90. The molecule has 0 aliphatic carbocycles. The fraction of sp³-hybridized carbons (Fsp3) is 0.150. The molecular weight excluding hydrogens is 370 g/mol. The summed E-state index contributed by atoms with van der Waals surface area (Å²) in [7, 11) is 1.89. The molecule has 0 N–H and O–H groups in total. The van der Waals surface area contributed by atoms with Crippen molar-refractivity contribution in [1.29, 1.82) is 0 Å². The quantitative estimate of drug-likeness (QED) is 0.468. The first kappa shape index (κ1) is 16.9. The van der Waals surface area contributed by atoms with Gasteiger partial charge in [-0.05, 0) is 67.6 Å². The number of aromatic nitrogens is 7. The molecule has 0 aliphatic heterocycles. The fourth-order valence-electron chi connectivity index (χ4n) is 3.07. The number of benzene rings is 1. The molecule has 0 saturated carbocycles. The molecule has 0 atom stereocenters. The minimum absolute atomic E-state index is 0.712. The van der Waals surface area contributed by atoms with E-state index in [2.05, 4.69) is 45.4 Å². The van der Waals surface area contributed by atoms with E-state index in [1.165, 1.54) is 17.3 Å². The molecule has 1 aromatic carbocycles. The molecule has 0 spiro atoms. The van der Waals surface area contributed by atoms with E-state index in [0.717, 1.165) is 37.9 Å². The van der Waals surface area contributed by atoms with Crippen LogP contribution in [0.25, 0.3) is 27.8 Å². The highest BCUT2D eigenvalue weighted by Gasteiger charge is 2.12. The molecule has 0 amide bonds. The minimum atomic E-state index is 0.712. The Hall–Kier alpha value is -3.26. The van der Waals surface area contributed by atoms with Crippen LogP contribution in [0, 0.1) is 13.8 Å². The van der Waals surface area contributed by atoms with E-state index < -0.39 is 0 Å². The highest BCUT2D eigenvalue weighted by molar-refractivity contribution is 7.99. The summed E-state index contributed by atoms with van der Waals surface area (Å²) >= 11 is 1.54. The molecule has 0 aliphatic rings. The van der Waals surface area contributed by atoms with Crippen LogP contribution in [-0.2, 0) is 7.05 Å². The summed E-state index contributed by atoms with van der Waals surface area (Å²) in [5.41, 5.74) is 5.74. The van der Waals surface area contributed by atoms with Crippen LogP contribution < -0.4 is 0 Å². The average molecular weight is 387 g/mol. The van der Waals surface area contributed by atoms with E-state index in [1.54, 1.807) is 15.4 Å². The van der Waals surface area contributed by atoms with E-state index in [9.17, 15) is 0 Å². The molecule has 0 radical (unpaired) electrons. The van der Waals surface area contributed by atoms with E-state index in [4.69, 9.17) is 5.10 Å². The summed E-state index contributed by atoms with van der Waals surface area (Å²) in [6, 6.07) is 12.3. The molecule has 0 bridgehead atoms. The maximum absolute atomic E-state index is 4.71. The highest BCUT2D eigenvalue weighted by Crippen LogP contribution is 2.29. The van der Waals surface area contributed by atoms with Gasteiger partial charge in [-0.1, -0.05) is 0 Å². The Kier molecular flexibility index (Phi) is 3.87. The van der Waals surface area contributed by atoms with Crippen molar-refractivity contribution in [3.63, 3.8) is 0 Å². The molecule has 0 fully saturated rings. The molecule has 138 valence electrons. The first-order valence-corrected chi connectivity index (χ1v) is 9.66. The molecule has 8 heteroatoms. The molecule has 7 nitrogen and oxygen atoms in total. The molecule has 0 saturated heterocycles. The van der Waals surface area contributed by atoms with Gasteiger partial charge in [0.05, 0.1) is 17.4 Å². The largest absolute Gasteiger partial charge is 0.275 e. The molecule has 28 heavy (non-hydrogen) atoms. The van der Waals surface area contributed by atoms with Gasteiger partial charge >= 0.3 is 0 Å². The Morgan fingerprint density at radius 3 is 2.71 bits per heavy atom. The number of pyridine rings is 1. The Labute approximate surface area is 165 Å². The van der Waals surface area contributed by atoms with E-state index in [1.807, 2.05) is 38.4 Å². The van der Waals surface area contributed by atoms with Gasteiger partial charge in [-0.15, -0.1) is 10.2 Å². The van der Waals surface area contributed by atoms with Crippen molar-refractivity contribution in [2.24, 2.45) is 7.05 Å². The molecule has 5 aromatic rings. The van der Waals surface area contributed by atoms with Gasteiger partial charge in [0.1, 0.15) is 0 Å². The lowest BCUT2D eigenvalue weighted by molar-refractivity contribution is 0.767. The van der Waals surface area contributed by atoms with Gasteiger partial charge in [0.2, 0.25) is 5.16 Å². The third-order valence-corrected chi connectivity index (χ3v) is 5.60. The Bertz CT molecular complexity index is 1340. The monoisotopic (exact) mass is 387 g/mol. The van der Waals surface area contributed by atoms with Crippen molar-refractivity contribution >= 4 is 28.3 Å². The third kappa shape index (κ3) is 2.91. The van der Waals surface area contributed by atoms with Gasteiger partial charge in [-0.3, -0.25) is 9.67 Å². The van der Waals surface area contributed by atoms with Gasteiger partial charge in [-0.25, -0.2) is 0 Å². The predicted octanol–water partition coefficient (Wildman–Crippen LogP) is 3.84. The lowest BCUT2D eigenvalue weighted by atomic mass is 10.1. The van der Waals surface area contributed by atoms with Crippen LogP contribution in [0.2, 0.25) is 0 Å². The summed E-state index contributed by atoms with van der Waals surface area (Å²) in [5, 5.41) is 19.3. The second kappa shape index (κ2) is 6.42. The van der Waals surface area contributed by atoms with Gasteiger partial charge in [-0.2, -0.15) is 14.7 Å². The van der Waals surface area contributed by atoms with E-state index in [-0.39, 0.29) is 0 Å². The third-order valence-electron chi connectivity index (χ3n) is 4.67. The Morgan fingerprint density at radius 1 is 1.00 bits per heavy atom. The standard InChI is InChI=1S/C20H17N7S/c1-12-8-14-9-16(4-5-17(14)22-13(12)2)28-20-24-23-19-7-6-18(25-27(19)20)15-10-21-26(3)11-15/h4-11H,1-3H3. The Morgan fingerprint density at radius 2 is 1.89 bits per heavy atom. The van der Waals surface area contributed by atoms with Crippen molar-refractivity contribution in [2.45, 2.75) is 23.9 Å². The van der Waals surface area contributed by atoms with Gasteiger partial charge in [0.25, 0.3) is 0 Å². The van der Waals surface area contributed by atoms with Crippen LogP contribution >= 0.6 is 11.8 Å². The number of nitrogens with zero attached hydrogens (tertiary/aromatic N) is 7. The van der Waals surface area contributed by atoms with Crippen molar-refractivity contribution in [2.75, 3.05) is 0 Å². The van der Waals surface area contributed by atoms with E-state index >= 15 is 0 Å². The predicted molar refractivity (Wildman–Crippen MR) is 108 cm³/mol. The van der Waals surface area contributed by atoms with Gasteiger partial charge in [0, 0.05) is 34.8 Å². The summed E-state index contributed by atoms with van der Waals surface area (Å²) in [5.74, 6) is 0. The SMILES string of the molecule is Cc1cc2cc(Sc3nnc4ccc(-c5cnn(C)c5)nn34)ccc2nc1C. The highest BCUT2D eigenvalue weighted by atomic mass is 32.2. The maximum atomic E-state index is 4.71. The van der Waals surface area contributed by atoms with Crippen LogP contribution in [0.5, 0.6) is 0 Å². The normalized spacial score (nSPS) is 11.5. The average Bonchev–Trinajstić information content (AvgIpc) is 3.29. The van der Waals surface area contributed by atoms with Crippen LogP contribution in [0.3, 0.4) is 0 Å². The number of aryl methyl sites for hydroxylation is 3. The smallest absolute Gasteiger partial charge is 0.217 e. The summed E-state index contributed by atoms with van der Waals surface area (Å²) in [6.45, 7) is 4.11. The van der Waals surface area contributed by atoms with Gasteiger partial charge in [0.15, 0.2) is 5.65 Å². The summed E-state index contributed by atoms with van der Waals surface area (Å²) in [4.78, 5) is 5.72. The van der Waals surface area contributed by atoms with Crippen LogP contribution in [-0.4, -0.2) is 34.6 Å². The van der Waals surface area contributed by atoms with Crippen molar-refractivity contribution < 1.29 is 0 Å². The number of rotatable bonds is 3. The zero-order valence-corrected chi connectivity index (χ0v) is 16.5. The summed E-state index contributed by atoms with van der Waals surface area (Å²) in [6.07, 6.45) is 3.73. The maximum Gasteiger partial charge on any atom is 0.217 e. The molecule has 4 aromatic heterocycles. The first-order chi connectivity index (χ1) is 13.6. The Balaban J connectivity index is 1.54. The van der Waals surface area contributed by atoms with Crippen LogP contribution in [0.15, 0.2) is 58.8 Å². The first-order valence-electron chi connectivity index (χ1n) is 8.84. The molecule has 0 unspecified atom stereocenters. The lowest BCUT2D eigenvalue weighted by Crippen LogP contribution is -1.96. The second-order valence-corrected chi connectivity index (χ2v) is 7.76. The number of fused-ring (bicyclic) bond motifs is 2. The lowest BCUT2D eigenvalue weighted by Gasteiger charge is -2.05. The zero-order valence-electron chi connectivity index (χ0n) is 15.7. The van der Waals surface area contributed by atoms with Crippen molar-refractivity contribution in [3.8, 4) is 11.3 Å². The van der Waals surface area contributed by atoms with Crippen LogP contribution in [0.4, 0.5) is 0 Å². The van der Waals surface area contributed by atoms with Crippen LogP contribution in [0.1, 0.15) is 11.3 Å². The topological polar surface area (TPSA) is 73.8 Å².